The highest BCUT2D eigenvalue weighted by molar-refractivity contribution is 6.34. The first kappa shape index (κ1) is 13.3. The van der Waals surface area contributed by atoms with Gasteiger partial charge in [0.2, 0.25) is 5.91 Å². The molecule has 0 radical (unpaired) electrons. The van der Waals surface area contributed by atoms with Gasteiger partial charge >= 0.3 is 0 Å². The van der Waals surface area contributed by atoms with E-state index in [0.717, 1.165) is 0 Å². The van der Waals surface area contributed by atoms with Crippen LogP contribution in [0.2, 0.25) is 5.02 Å². The van der Waals surface area contributed by atoms with E-state index < -0.39 is 0 Å². The summed E-state index contributed by atoms with van der Waals surface area (Å²) in [6, 6.07) is 3.47. The lowest BCUT2D eigenvalue weighted by molar-refractivity contribution is -0.127. The lowest BCUT2D eigenvalue weighted by Crippen LogP contribution is -2.32. The van der Waals surface area contributed by atoms with E-state index in [4.69, 9.17) is 16.9 Å². The van der Waals surface area contributed by atoms with Gasteiger partial charge in [-0.25, -0.2) is 4.98 Å². The molecular formula is C11H13ClN4O. The molecule has 1 amide bonds. The van der Waals surface area contributed by atoms with Gasteiger partial charge in [0.1, 0.15) is 16.9 Å². The fourth-order valence-electron chi connectivity index (χ4n) is 1.12. The number of hydrogen-bond donors (Lipinski definition) is 1. The predicted octanol–water partition coefficient (Wildman–Crippen LogP) is 1.50. The number of nitrogens with one attached hydrogen (secondary N) is 1. The molecule has 1 N–H and O–H groups in total. The van der Waals surface area contributed by atoms with Crippen LogP contribution in [0, 0.1) is 11.3 Å². The molecule has 0 saturated carbocycles. The first-order valence-corrected chi connectivity index (χ1v) is 5.50. The molecule has 0 atom stereocenters. The summed E-state index contributed by atoms with van der Waals surface area (Å²) in [6.45, 7) is 2.63. The van der Waals surface area contributed by atoms with E-state index in [1.165, 1.54) is 12.3 Å². The van der Waals surface area contributed by atoms with Gasteiger partial charge in [-0.3, -0.25) is 4.79 Å². The summed E-state index contributed by atoms with van der Waals surface area (Å²) in [5.74, 6) is 0.288. The van der Waals surface area contributed by atoms with E-state index >= 15 is 0 Å². The van der Waals surface area contributed by atoms with Gasteiger partial charge in [-0.15, -0.1) is 0 Å². The number of anilines is 1. The number of aromatic nitrogens is 1. The number of nitriles is 1. The van der Waals surface area contributed by atoms with Crippen LogP contribution in [0.1, 0.15) is 12.5 Å². The van der Waals surface area contributed by atoms with Crippen LogP contribution in [0.15, 0.2) is 12.3 Å². The molecule has 0 bridgehead atoms. The number of pyridine rings is 1. The molecule has 0 aliphatic heterocycles. The van der Waals surface area contributed by atoms with Crippen molar-refractivity contribution in [1.82, 2.24) is 9.88 Å². The number of hydrogen-bond acceptors (Lipinski definition) is 4. The maximum Gasteiger partial charge on any atom is 0.241 e. The molecule has 1 rings (SSSR count). The Morgan fingerprint density at radius 3 is 3.00 bits per heavy atom. The third kappa shape index (κ3) is 3.33. The third-order valence-corrected chi connectivity index (χ3v) is 2.70. The zero-order valence-corrected chi connectivity index (χ0v) is 10.5. The monoisotopic (exact) mass is 252 g/mol. The lowest BCUT2D eigenvalue weighted by Gasteiger charge is -2.15. The molecule has 1 aromatic rings. The van der Waals surface area contributed by atoms with Crippen molar-refractivity contribution in [3.63, 3.8) is 0 Å². The van der Waals surface area contributed by atoms with Gasteiger partial charge in [0.25, 0.3) is 0 Å². The Morgan fingerprint density at radius 1 is 1.71 bits per heavy atom. The van der Waals surface area contributed by atoms with Crippen molar-refractivity contribution in [2.45, 2.75) is 6.92 Å². The largest absolute Gasteiger partial charge is 0.360 e. The van der Waals surface area contributed by atoms with Crippen molar-refractivity contribution < 1.29 is 4.79 Å². The second kappa shape index (κ2) is 6.06. The molecule has 0 aliphatic rings. The zero-order valence-electron chi connectivity index (χ0n) is 9.70. The van der Waals surface area contributed by atoms with Gasteiger partial charge in [0.05, 0.1) is 12.1 Å². The molecule has 0 aliphatic carbocycles. The van der Waals surface area contributed by atoms with Crippen LogP contribution < -0.4 is 5.32 Å². The third-order valence-electron chi connectivity index (χ3n) is 2.32. The van der Waals surface area contributed by atoms with Crippen LogP contribution in [-0.4, -0.2) is 35.9 Å². The molecular weight excluding hydrogens is 240 g/mol. The summed E-state index contributed by atoms with van der Waals surface area (Å²) < 4.78 is 0. The summed E-state index contributed by atoms with van der Waals surface area (Å²) in [6.07, 6.45) is 1.47. The van der Waals surface area contributed by atoms with Gasteiger partial charge in [-0.2, -0.15) is 5.26 Å². The number of amides is 1. The van der Waals surface area contributed by atoms with Crippen molar-refractivity contribution in [2.24, 2.45) is 0 Å². The fourth-order valence-corrected chi connectivity index (χ4v) is 1.34. The van der Waals surface area contributed by atoms with Crippen molar-refractivity contribution in [3.05, 3.63) is 22.8 Å². The SMILES string of the molecule is CCN(C)C(=O)CNc1nccc(C#N)c1Cl. The summed E-state index contributed by atoms with van der Waals surface area (Å²) in [5.41, 5.74) is 0.334. The zero-order chi connectivity index (χ0) is 12.8. The summed E-state index contributed by atoms with van der Waals surface area (Å²) >= 11 is 5.93. The molecule has 1 aromatic heterocycles. The molecule has 17 heavy (non-hydrogen) atoms. The quantitative estimate of drug-likeness (QED) is 0.882. The molecule has 0 aromatic carbocycles. The maximum atomic E-state index is 11.5. The molecule has 0 unspecified atom stereocenters. The van der Waals surface area contributed by atoms with Crippen LogP contribution >= 0.6 is 11.6 Å². The van der Waals surface area contributed by atoms with Crippen molar-refractivity contribution in [2.75, 3.05) is 25.5 Å². The number of halogens is 1. The summed E-state index contributed by atoms with van der Waals surface area (Å²) in [7, 11) is 1.71. The van der Waals surface area contributed by atoms with Crippen molar-refractivity contribution in [1.29, 1.82) is 5.26 Å². The van der Waals surface area contributed by atoms with E-state index in [-0.39, 0.29) is 17.5 Å². The summed E-state index contributed by atoms with van der Waals surface area (Å²) in [5, 5.41) is 11.8. The molecule has 0 spiro atoms. The van der Waals surface area contributed by atoms with Gasteiger partial charge in [0, 0.05) is 19.8 Å². The maximum absolute atomic E-state index is 11.5. The average Bonchev–Trinajstić information content (AvgIpc) is 2.36. The highest BCUT2D eigenvalue weighted by Crippen LogP contribution is 2.22. The van der Waals surface area contributed by atoms with Crippen LogP contribution in [0.3, 0.4) is 0 Å². The van der Waals surface area contributed by atoms with Gasteiger partial charge < -0.3 is 10.2 Å². The molecule has 5 nitrogen and oxygen atoms in total. The smallest absolute Gasteiger partial charge is 0.241 e. The van der Waals surface area contributed by atoms with E-state index in [1.54, 1.807) is 11.9 Å². The Morgan fingerprint density at radius 2 is 2.41 bits per heavy atom. The number of likely N-dealkylation sites (N-methyl/N-ethyl adjacent to an activating group) is 1. The van der Waals surface area contributed by atoms with E-state index in [0.29, 0.717) is 17.9 Å². The van der Waals surface area contributed by atoms with Gasteiger partial charge in [-0.1, -0.05) is 11.6 Å². The van der Waals surface area contributed by atoms with Crippen LogP contribution in [0.4, 0.5) is 5.82 Å². The minimum atomic E-state index is -0.0623. The summed E-state index contributed by atoms with van der Waals surface area (Å²) in [4.78, 5) is 17.1. The first-order valence-electron chi connectivity index (χ1n) is 5.12. The highest BCUT2D eigenvalue weighted by atomic mass is 35.5. The molecule has 90 valence electrons. The first-order chi connectivity index (χ1) is 8.10. The predicted molar refractivity (Wildman–Crippen MR) is 65.8 cm³/mol. The van der Waals surface area contributed by atoms with E-state index in [2.05, 4.69) is 10.3 Å². The molecule has 0 saturated heterocycles. The Kier molecular flexibility index (Phi) is 4.73. The van der Waals surface area contributed by atoms with Crippen molar-refractivity contribution in [3.8, 4) is 6.07 Å². The number of carbonyl (C=O) groups is 1. The minimum Gasteiger partial charge on any atom is -0.360 e. The Hall–Kier alpha value is -1.80. The Balaban J connectivity index is 2.71. The minimum absolute atomic E-state index is 0.0623. The van der Waals surface area contributed by atoms with Crippen LogP contribution in [0.25, 0.3) is 0 Å². The van der Waals surface area contributed by atoms with Gasteiger partial charge in [-0.05, 0) is 13.0 Å². The Labute approximate surface area is 105 Å². The van der Waals surface area contributed by atoms with Gasteiger partial charge in [0.15, 0.2) is 0 Å². The lowest BCUT2D eigenvalue weighted by atomic mass is 10.3. The molecule has 0 fully saturated rings. The highest BCUT2D eigenvalue weighted by Gasteiger charge is 2.10. The number of carbonyl (C=O) groups excluding carboxylic acids is 1. The Bertz CT molecular complexity index is 455. The average molecular weight is 253 g/mol. The molecule has 6 heteroatoms. The van der Waals surface area contributed by atoms with Crippen LogP contribution in [-0.2, 0) is 4.79 Å². The van der Waals surface area contributed by atoms with E-state index in [9.17, 15) is 4.79 Å². The second-order valence-electron chi connectivity index (χ2n) is 3.39. The standard InChI is InChI=1S/C11H13ClN4O/c1-3-16(2)9(17)7-15-11-10(12)8(6-13)4-5-14-11/h4-5H,3,7H2,1-2H3,(H,14,15). The fraction of sp³-hybridized carbons (Fsp3) is 0.364. The van der Waals surface area contributed by atoms with Crippen molar-refractivity contribution >= 4 is 23.3 Å². The molecule has 1 heterocycles. The normalized spacial score (nSPS) is 9.53. The number of rotatable bonds is 4. The topological polar surface area (TPSA) is 69.0 Å². The number of nitrogens with zero attached hydrogens (tertiary/aromatic N) is 3. The second-order valence-corrected chi connectivity index (χ2v) is 3.77. The van der Waals surface area contributed by atoms with E-state index in [1.807, 2.05) is 13.0 Å². The van der Waals surface area contributed by atoms with Crippen LogP contribution in [0.5, 0.6) is 0 Å².